The molecule has 1 aromatic heterocycles. The lowest BCUT2D eigenvalue weighted by molar-refractivity contribution is -0.0895. The van der Waals surface area contributed by atoms with Crippen molar-refractivity contribution in [1.29, 1.82) is 0 Å². The van der Waals surface area contributed by atoms with Crippen LogP contribution in [0.1, 0.15) is 39.5 Å². The molecule has 0 aromatic carbocycles. The molecule has 0 bridgehead atoms. The van der Waals surface area contributed by atoms with Crippen molar-refractivity contribution in [3.05, 3.63) is 18.0 Å². The molecule has 1 fully saturated rings. The molecule has 78 valence electrons. The third-order valence-electron chi connectivity index (χ3n) is 3.04. The number of ether oxygens (including phenoxy) is 2. The summed E-state index contributed by atoms with van der Waals surface area (Å²) < 4.78 is 11.7. The molecule has 4 heteroatoms. The third-order valence-corrected chi connectivity index (χ3v) is 3.04. The fraction of sp³-hybridized carbons (Fsp3) is 0.700. The lowest BCUT2D eigenvalue weighted by Crippen LogP contribution is -2.41. The quantitative estimate of drug-likeness (QED) is 0.747. The molecule has 1 aliphatic heterocycles. The first-order valence-corrected chi connectivity index (χ1v) is 4.77. The van der Waals surface area contributed by atoms with E-state index in [0.717, 1.165) is 5.56 Å². The number of hydrogen-bond acceptors (Lipinski definition) is 3. The first kappa shape index (κ1) is 9.68. The molecule has 1 saturated heterocycles. The van der Waals surface area contributed by atoms with Crippen molar-refractivity contribution in [3.63, 3.8) is 0 Å². The van der Waals surface area contributed by atoms with E-state index in [2.05, 4.69) is 10.2 Å². The molecular formula is C10H16N2O2. The average molecular weight is 196 g/mol. The molecule has 0 saturated carbocycles. The summed E-state index contributed by atoms with van der Waals surface area (Å²) in [4.78, 5) is 0. The van der Waals surface area contributed by atoms with E-state index in [4.69, 9.17) is 9.47 Å². The number of hydrogen-bond donors (Lipinski definition) is 1. The first-order valence-electron chi connectivity index (χ1n) is 4.77. The molecular weight excluding hydrogens is 180 g/mol. The summed E-state index contributed by atoms with van der Waals surface area (Å²) in [6.07, 6.45) is 3.21. The predicted octanol–water partition coefficient (Wildman–Crippen LogP) is 2.01. The minimum absolute atomic E-state index is 0.283. The monoisotopic (exact) mass is 196 g/mol. The summed E-state index contributed by atoms with van der Waals surface area (Å²) in [5.74, 6) is 0. The molecule has 0 aliphatic carbocycles. The van der Waals surface area contributed by atoms with Crippen LogP contribution in [-0.2, 0) is 9.47 Å². The van der Waals surface area contributed by atoms with Gasteiger partial charge in [-0.1, -0.05) is 0 Å². The van der Waals surface area contributed by atoms with Gasteiger partial charge in [-0.25, -0.2) is 0 Å². The Morgan fingerprint density at radius 3 is 2.21 bits per heavy atom. The third kappa shape index (κ3) is 1.35. The van der Waals surface area contributed by atoms with Crippen molar-refractivity contribution < 1.29 is 9.47 Å². The van der Waals surface area contributed by atoms with E-state index in [-0.39, 0.29) is 17.5 Å². The highest BCUT2D eigenvalue weighted by atomic mass is 16.7. The number of rotatable bonds is 1. The minimum atomic E-state index is -0.307. The summed E-state index contributed by atoms with van der Waals surface area (Å²) in [5.41, 5.74) is 0.368. The van der Waals surface area contributed by atoms with Gasteiger partial charge in [-0.15, -0.1) is 0 Å². The Labute approximate surface area is 83.6 Å². The molecule has 1 N–H and O–H groups in total. The van der Waals surface area contributed by atoms with Gasteiger partial charge in [0.25, 0.3) is 0 Å². The molecule has 1 aliphatic rings. The topological polar surface area (TPSA) is 47.1 Å². The van der Waals surface area contributed by atoms with Crippen LogP contribution in [0.2, 0.25) is 0 Å². The maximum Gasteiger partial charge on any atom is 0.188 e. The number of H-pyrrole nitrogens is 1. The van der Waals surface area contributed by atoms with Crippen LogP contribution in [0.4, 0.5) is 0 Å². The second kappa shape index (κ2) is 2.81. The van der Waals surface area contributed by atoms with Gasteiger partial charge in [0.15, 0.2) is 6.29 Å². The molecule has 4 nitrogen and oxygen atoms in total. The SMILES string of the molecule is CC1(C)OC(c2cn[nH]c2)OC1(C)C. The van der Waals surface area contributed by atoms with E-state index in [9.17, 15) is 0 Å². The van der Waals surface area contributed by atoms with Crippen molar-refractivity contribution in [2.75, 3.05) is 0 Å². The summed E-state index contributed by atoms with van der Waals surface area (Å²) in [5, 5.41) is 6.63. The average Bonchev–Trinajstić information content (AvgIpc) is 2.58. The Balaban J connectivity index is 2.22. The Bertz CT molecular complexity index is 301. The lowest BCUT2D eigenvalue weighted by atomic mass is 9.90. The van der Waals surface area contributed by atoms with E-state index >= 15 is 0 Å². The standard InChI is InChI=1S/C10H16N2O2/c1-9(2)10(3,4)14-8(13-9)7-5-11-12-6-7/h5-6,8H,1-4H3,(H,11,12). The van der Waals surface area contributed by atoms with Crippen LogP contribution in [0.5, 0.6) is 0 Å². The van der Waals surface area contributed by atoms with Gasteiger partial charge in [0.05, 0.1) is 17.4 Å². The van der Waals surface area contributed by atoms with Gasteiger partial charge in [-0.05, 0) is 27.7 Å². The van der Waals surface area contributed by atoms with Crippen molar-refractivity contribution in [2.24, 2.45) is 0 Å². The molecule has 14 heavy (non-hydrogen) atoms. The molecule has 0 spiro atoms. The highest BCUT2D eigenvalue weighted by molar-refractivity contribution is 5.09. The van der Waals surface area contributed by atoms with Crippen LogP contribution in [0, 0.1) is 0 Å². The van der Waals surface area contributed by atoms with Crippen LogP contribution in [0.25, 0.3) is 0 Å². The van der Waals surface area contributed by atoms with Gasteiger partial charge < -0.3 is 9.47 Å². The second-order valence-electron chi connectivity index (χ2n) is 4.62. The molecule has 1 aromatic rings. The maximum absolute atomic E-state index is 5.83. The van der Waals surface area contributed by atoms with Crippen LogP contribution in [-0.4, -0.2) is 21.4 Å². The normalized spacial score (nSPS) is 25.4. The van der Waals surface area contributed by atoms with Crippen molar-refractivity contribution in [3.8, 4) is 0 Å². The summed E-state index contributed by atoms with van der Waals surface area (Å²) in [6, 6.07) is 0. The van der Waals surface area contributed by atoms with Crippen molar-refractivity contribution in [1.82, 2.24) is 10.2 Å². The van der Waals surface area contributed by atoms with E-state index < -0.39 is 0 Å². The van der Waals surface area contributed by atoms with E-state index in [1.807, 2.05) is 27.7 Å². The van der Waals surface area contributed by atoms with E-state index in [1.165, 1.54) is 0 Å². The minimum Gasteiger partial charge on any atom is -0.339 e. The first-order chi connectivity index (χ1) is 6.42. The van der Waals surface area contributed by atoms with Gasteiger partial charge in [0, 0.05) is 11.8 Å². The molecule has 0 atom stereocenters. The van der Waals surface area contributed by atoms with E-state index in [0.29, 0.717) is 0 Å². The van der Waals surface area contributed by atoms with Crippen LogP contribution in [0.3, 0.4) is 0 Å². The zero-order valence-corrected chi connectivity index (χ0v) is 9.00. The fourth-order valence-electron chi connectivity index (χ4n) is 1.37. The Morgan fingerprint density at radius 1 is 1.21 bits per heavy atom. The van der Waals surface area contributed by atoms with Crippen LogP contribution < -0.4 is 0 Å². The molecule has 2 rings (SSSR count). The van der Waals surface area contributed by atoms with E-state index in [1.54, 1.807) is 12.4 Å². The fourth-order valence-corrected chi connectivity index (χ4v) is 1.37. The lowest BCUT2D eigenvalue weighted by Gasteiger charge is -2.30. The predicted molar refractivity (Wildman–Crippen MR) is 51.7 cm³/mol. The number of aromatic amines is 1. The van der Waals surface area contributed by atoms with Gasteiger partial charge in [0.2, 0.25) is 0 Å². The Morgan fingerprint density at radius 2 is 1.79 bits per heavy atom. The summed E-state index contributed by atoms with van der Waals surface area (Å²) >= 11 is 0. The van der Waals surface area contributed by atoms with Gasteiger partial charge >= 0.3 is 0 Å². The molecule has 0 radical (unpaired) electrons. The van der Waals surface area contributed by atoms with Gasteiger partial charge in [-0.3, -0.25) is 5.10 Å². The van der Waals surface area contributed by atoms with Crippen LogP contribution >= 0.6 is 0 Å². The molecule has 0 amide bonds. The maximum atomic E-state index is 5.83. The van der Waals surface area contributed by atoms with Crippen molar-refractivity contribution >= 4 is 0 Å². The summed E-state index contributed by atoms with van der Waals surface area (Å²) in [7, 11) is 0. The zero-order chi connectivity index (χ0) is 10.4. The highest BCUT2D eigenvalue weighted by Crippen LogP contribution is 2.44. The Kier molecular flexibility index (Phi) is 1.94. The zero-order valence-electron chi connectivity index (χ0n) is 9.00. The molecule has 0 unspecified atom stereocenters. The van der Waals surface area contributed by atoms with Gasteiger partial charge in [0.1, 0.15) is 0 Å². The smallest absolute Gasteiger partial charge is 0.188 e. The largest absolute Gasteiger partial charge is 0.339 e. The molecule has 2 heterocycles. The number of nitrogens with one attached hydrogen (secondary N) is 1. The van der Waals surface area contributed by atoms with Crippen LogP contribution in [0.15, 0.2) is 12.4 Å². The van der Waals surface area contributed by atoms with Crippen molar-refractivity contribution in [2.45, 2.75) is 45.2 Å². The van der Waals surface area contributed by atoms with Gasteiger partial charge in [-0.2, -0.15) is 5.10 Å². The Hall–Kier alpha value is -0.870. The summed E-state index contributed by atoms with van der Waals surface area (Å²) in [6.45, 7) is 8.14. The number of nitrogens with zero attached hydrogens (tertiary/aromatic N) is 1. The second-order valence-corrected chi connectivity index (χ2v) is 4.62. The highest BCUT2D eigenvalue weighted by Gasteiger charge is 2.49. The number of aromatic nitrogens is 2.